The Morgan fingerprint density at radius 2 is 2.22 bits per heavy atom. The normalized spacial score (nSPS) is 15.0. The standard InChI is InChI=1S/C17H19ClN2O3/c18-12-5-3-4-11(10-12)14(21)8-9-19-17(22)16-13-6-1-2-7-15(13)23-20-16/h3-5,10,14,21H,1-2,6-9H2,(H,19,22). The van der Waals surface area contributed by atoms with Gasteiger partial charge in [0.2, 0.25) is 0 Å². The highest BCUT2D eigenvalue weighted by atomic mass is 35.5. The number of aromatic nitrogens is 1. The molecular formula is C17H19ClN2O3. The fraction of sp³-hybridized carbons (Fsp3) is 0.412. The van der Waals surface area contributed by atoms with Crippen molar-refractivity contribution in [3.63, 3.8) is 0 Å². The van der Waals surface area contributed by atoms with Gasteiger partial charge in [0.15, 0.2) is 5.69 Å². The molecule has 1 aliphatic rings. The summed E-state index contributed by atoms with van der Waals surface area (Å²) in [5, 5.41) is 17.4. The van der Waals surface area contributed by atoms with Crippen molar-refractivity contribution < 1.29 is 14.4 Å². The highest BCUT2D eigenvalue weighted by Gasteiger charge is 2.23. The Bertz CT molecular complexity index is 699. The molecule has 1 aromatic carbocycles. The number of aliphatic hydroxyl groups is 1. The zero-order chi connectivity index (χ0) is 16.2. The summed E-state index contributed by atoms with van der Waals surface area (Å²) in [5.41, 5.74) is 2.06. The second-order valence-corrected chi connectivity index (χ2v) is 6.19. The Hall–Kier alpha value is -1.85. The molecular weight excluding hydrogens is 316 g/mol. The lowest BCUT2D eigenvalue weighted by Crippen LogP contribution is -2.27. The third-order valence-electron chi connectivity index (χ3n) is 4.10. The Morgan fingerprint density at radius 3 is 3.04 bits per heavy atom. The molecule has 6 heteroatoms. The van der Waals surface area contributed by atoms with Crippen LogP contribution in [0.2, 0.25) is 5.02 Å². The molecule has 1 amide bonds. The van der Waals surface area contributed by atoms with Crippen LogP contribution in [0.5, 0.6) is 0 Å². The third kappa shape index (κ3) is 3.74. The van der Waals surface area contributed by atoms with Gasteiger partial charge in [-0.2, -0.15) is 0 Å². The molecule has 0 fully saturated rings. The molecule has 2 aromatic rings. The molecule has 0 aliphatic heterocycles. The van der Waals surface area contributed by atoms with Crippen molar-refractivity contribution in [3.8, 4) is 0 Å². The van der Waals surface area contributed by atoms with Crippen LogP contribution in [0.4, 0.5) is 0 Å². The molecule has 0 spiro atoms. The molecule has 0 bridgehead atoms. The molecule has 0 radical (unpaired) electrons. The largest absolute Gasteiger partial charge is 0.388 e. The van der Waals surface area contributed by atoms with Crippen LogP contribution >= 0.6 is 11.6 Å². The summed E-state index contributed by atoms with van der Waals surface area (Å²) in [6.07, 6.45) is 3.57. The number of carbonyl (C=O) groups is 1. The second-order valence-electron chi connectivity index (χ2n) is 5.76. The Labute approximate surface area is 139 Å². The second kappa shape index (κ2) is 7.15. The van der Waals surface area contributed by atoms with Crippen molar-refractivity contribution in [3.05, 3.63) is 51.9 Å². The van der Waals surface area contributed by atoms with Gasteiger partial charge in [0, 0.05) is 23.6 Å². The van der Waals surface area contributed by atoms with Crippen LogP contribution in [0.25, 0.3) is 0 Å². The zero-order valence-electron chi connectivity index (χ0n) is 12.7. The molecule has 1 atom stereocenters. The number of aryl methyl sites for hydroxylation is 1. The molecule has 0 saturated heterocycles. The first kappa shape index (κ1) is 16.0. The van der Waals surface area contributed by atoms with Crippen LogP contribution in [0.1, 0.15) is 52.7 Å². The average Bonchev–Trinajstić information content (AvgIpc) is 2.98. The molecule has 0 saturated carbocycles. The molecule has 5 nitrogen and oxygen atoms in total. The van der Waals surface area contributed by atoms with E-state index >= 15 is 0 Å². The maximum Gasteiger partial charge on any atom is 0.273 e. The molecule has 3 rings (SSSR count). The van der Waals surface area contributed by atoms with Crippen LogP contribution < -0.4 is 5.32 Å². The summed E-state index contributed by atoms with van der Waals surface area (Å²) >= 11 is 5.91. The number of rotatable bonds is 5. The summed E-state index contributed by atoms with van der Waals surface area (Å²) in [7, 11) is 0. The number of benzene rings is 1. The third-order valence-corrected chi connectivity index (χ3v) is 4.34. The van der Waals surface area contributed by atoms with E-state index in [2.05, 4.69) is 10.5 Å². The first-order chi connectivity index (χ1) is 11.1. The molecule has 122 valence electrons. The summed E-state index contributed by atoms with van der Waals surface area (Å²) in [4.78, 5) is 12.2. The topological polar surface area (TPSA) is 75.4 Å². The number of nitrogens with one attached hydrogen (secondary N) is 1. The molecule has 1 aromatic heterocycles. The highest BCUT2D eigenvalue weighted by Crippen LogP contribution is 2.24. The van der Waals surface area contributed by atoms with Gasteiger partial charge in [-0.15, -0.1) is 0 Å². The van der Waals surface area contributed by atoms with Gasteiger partial charge in [-0.3, -0.25) is 4.79 Å². The van der Waals surface area contributed by atoms with E-state index in [0.717, 1.165) is 42.6 Å². The van der Waals surface area contributed by atoms with Gasteiger partial charge in [0.05, 0.1) is 6.10 Å². The van der Waals surface area contributed by atoms with Crippen molar-refractivity contribution >= 4 is 17.5 Å². The van der Waals surface area contributed by atoms with Crippen LogP contribution in [-0.4, -0.2) is 22.7 Å². The van der Waals surface area contributed by atoms with E-state index in [1.54, 1.807) is 18.2 Å². The minimum atomic E-state index is -0.666. The minimum Gasteiger partial charge on any atom is -0.388 e. The quantitative estimate of drug-likeness (QED) is 0.881. The molecule has 23 heavy (non-hydrogen) atoms. The van der Waals surface area contributed by atoms with E-state index in [-0.39, 0.29) is 5.91 Å². The van der Waals surface area contributed by atoms with Gasteiger partial charge < -0.3 is 14.9 Å². The van der Waals surface area contributed by atoms with E-state index in [1.165, 1.54) is 0 Å². The highest BCUT2D eigenvalue weighted by molar-refractivity contribution is 6.30. The molecule has 2 N–H and O–H groups in total. The lowest BCUT2D eigenvalue weighted by atomic mass is 9.96. The van der Waals surface area contributed by atoms with E-state index in [9.17, 15) is 9.90 Å². The first-order valence-corrected chi connectivity index (χ1v) is 8.22. The van der Waals surface area contributed by atoms with Crippen LogP contribution in [0, 0.1) is 0 Å². The summed E-state index contributed by atoms with van der Waals surface area (Å²) < 4.78 is 5.24. The molecule has 1 aliphatic carbocycles. The lowest BCUT2D eigenvalue weighted by Gasteiger charge is -2.12. The fourth-order valence-electron chi connectivity index (χ4n) is 2.85. The number of halogens is 1. The number of hydrogen-bond donors (Lipinski definition) is 2. The number of aliphatic hydroxyl groups excluding tert-OH is 1. The summed E-state index contributed by atoms with van der Waals surface area (Å²) in [6, 6.07) is 7.09. The van der Waals surface area contributed by atoms with E-state index in [4.69, 9.17) is 16.1 Å². The predicted octanol–water partition coefficient (Wildman–Crippen LogP) is 3.06. The Balaban J connectivity index is 1.54. The Kier molecular flexibility index (Phi) is 4.98. The lowest BCUT2D eigenvalue weighted by molar-refractivity contribution is 0.0933. The Morgan fingerprint density at radius 1 is 1.39 bits per heavy atom. The number of hydrogen-bond acceptors (Lipinski definition) is 4. The number of fused-ring (bicyclic) bond motifs is 1. The van der Waals surface area contributed by atoms with Gasteiger partial charge in [0.25, 0.3) is 5.91 Å². The monoisotopic (exact) mass is 334 g/mol. The molecule has 1 heterocycles. The zero-order valence-corrected chi connectivity index (χ0v) is 13.5. The first-order valence-electron chi connectivity index (χ1n) is 7.84. The number of carbonyl (C=O) groups excluding carboxylic acids is 1. The summed E-state index contributed by atoms with van der Waals surface area (Å²) in [6.45, 7) is 0.355. The van der Waals surface area contributed by atoms with Gasteiger partial charge in [-0.05, 0) is 43.4 Å². The van der Waals surface area contributed by atoms with Gasteiger partial charge in [-0.1, -0.05) is 28.9 Å². The van der Waals surface area contributed by atoms with E-state index in [0.29, 0.717) is 23.7 Å². The smallest absolute Gasteiger partial charge is 0.273 e. The summed E-state index contributed by atoms with van der Waals surface area (Å²) in [5.74, 6) is 0.593. The van der Waals surface area contributed by atoms with Crippen molar-refractivity contribution in [2.75, 3.05) is 6.54 Å². The maximum atomic E-state index is 12.2. The van der Waals surface area contributed by atoms with Crippen LogP contribution in [-0.2, 0) is 12.8 Å². The molecule has 1 unspecified atom stereocenters. The SMILES string of the molecule is O=C(NCCC(O)c1cccc(Cl)c1)c1noc2c1CCCC2. The van der Waals surface area contributed by atoms with Crippen LogP contribution in [0.15, 0.2) is 28.8 Å². The average molecular weight is 335 g/mol. The van der Waals surface area contributed by atoms with E-state index in [1.807, 2.05) is 6.07 Å². The predicted molar refractivity (Wildman–Crippen MR) is 86.5 cm³/mol. The van der Waals surface area contributed by atoms with Gasteiger partial charge in [0.1, 0.15) is 5.76 Å². The maximum absolute atomic E-state index is 12.2. The number of nitrogens with zero attached hydrogens (tertiary/aromatic N) is 1. The fourth-order valence-corrected chi connectivity index (χ4v) is 3.05. The minimum absolute atomic E-state index is 0.241. The van der Waals surface area contributed by atoms with Gasteiger partial charge in [-0.25, -0.2) is 0 Å². The van der Waals surface area contributed by atoms with Gasteiger partial charge >= 0.3 is 0 Å². The van der Waals surface area contributed by atoms with Crippen molar-refractivity contribution in [2.24, 2.45) is 0 Å². The van der Waals surface area contributed by atoms with Crippen molar-refractivity contribution in [1.29, 1.82) is 0 Å². The number of amides is 1. The van der Waals surface area contributed by atoms with Crippen LogP contribution in [0.3, 0.4) is 0 Å². The van der Waals surface area contributed by atoms with E-state index < -0.39 is 6.10 Å². The van der Waals surface area contributed by atoms with Crippen molar-refractivity contribution in [1.82, 2.24) is 10.5 Å². The van der Waals surface area contributed by atoms with Crippen molar-refractivity contribution in [2.45, 2.75) is 38.2 Å².